The normalized spacial score (nSPS) is 14.6. The van der Waals surface area contributed by atoms with Gasteiger partial charge in [-0.2, -0.15) is 0 Å². The predicted molar refractivity (Wildman–Crippen MR) is 85.5 cm³/mol. The molecule has 2 aromatic rings. The molecule has 0 spiro atoms. The lowest BCUT2D eigenvalue weighted by Gasteiger charge is -2.14. The Morgan fingerprint density at radius 2 is 1.95 bits per heavy atom. The van der Waals surface area contributed by atoms with Crippen LogP contribution in [0.4, 0.5) is 0 Å². The molecule has 1 aliphatic rings. The smallest absolute Gasteiger partial charge is 0.126 e. The van der Waals surface area contributed by atoms with Gasteiger partial charge in [0.25, 0.3) is 0 Å². The van der Waals surface area contributed by atoms with Crippen LogP contribution in [0.25, 0.3) is 0 Å². The maximum atomic E-state index is 10.3. The minimum absolute atomic E-state index is 0.491. The van der Waals surface area contributed by atoms with Gasteiger partial charge in [0.2, 0.25) is 0 Å². The molecule has 3 rings (SSSR count). The number of halogens is 2. The van der Waals surface area contributed by atoms with Gasteiger partial charge in [0.15, 0.2) is 0 Å². The third-order valence-electron chi connectivity index (χ3n) is 3.64. The van der Waals surface area contributed by atoms with Gasteiger partial charge in [0.05, 0.1) is 12.7 Å². The zero-order valence-corrected chi connectivity index (χ0v) is 13.0. The Balaban J connectivity index is 1.75. The van der Waals surface area contributed by atoms with Crippen molar-refractivity contribution in [3.05, 3.63) is 63.1 Å². The van der Waals surface area contributed by atoms with Crippen molar-refractivity contribution in [1.82, 2.24) is 0 Å². The second-order valence-corrected chi connectivity index (χ2v) is 6.22. The van der Waals surface area contributed by atoms with Crippen LogP contribution in [0.1, 0.15) is 16.7 Å². The lowest BCUT2D eigenvalue weighted by atomic mass is 9.99. The molecule has 110 valence electrons. The minimum Gasteiger partial charge on any atom is -0.493 e. The summed E-state index contributed by atoms with van der Waals surface area (Å²) >= 11 is 12.1. The van der Waals surface area contributed by atoms with Gasteiger partial charge in [0.1, 0.15) is 5.75 Å². The standard InChI is InChI=1S/C17H16Cl2O2/c18-14-3-1-2-11(6-14)7-16(20)10-13-9-15(19)8-12-4-5-21-17(12)13/h1-3,6,8-9,16,20H,4-5,7,10H2. The summed E-state index contributed by atoms with van der Waals surface area (Å²) in [5.41, 5.74) is 3.13. The van der Waals surface area contributed by atoms with Crippen molar-refractivity contribution in [1.29, 1.82) is 0 Å². The first-order valence-corrected chi connectivity index (χ1v) is 7.74. The van der Waals surface area contributed by atoms with Crippen molar-refractivity contribution in [2.24, 2.45) is 0 Å². The van der Waals surface area contributed by atoms with E-state index in [1.54, 1.807) is 0 Å². The molecule has 1 N–H and O–H groups in total. The van der Waals surface area contributed by atoms with E-state index in [0.29, 0.717) is 29.5 Å². The van der Waals surface area contributed by atoms with Crippen LogP contribution in [-0.2, 0) is 19.3 Å². The molecule has 2 nitrogen and oxygen atoms in total. The van der Waals surface area contributed by atoms with Gasteiger partial charge in [-0.1, -0.05) is 35.3 Å². The van der Waals surface area contributed by atoms with Crippen LogP contribution in [0.15, 0.2) is 36.4 Å². The molecule has 1 unspecified atom stereocenters. The summed E-state index contributed by atoms with van der Waals surface area (Å²) in [4.78, 5) is 0. The van der Waals surface area contributed by atoms with Gasteiger partial charge in [-0.3, -0.25) is 0 Å². The van der Waals surface area contributed by atoms with Crippen molar-refractivity contribution in [2.75, 3.05) is 6.61 Å². The Hall–Kier alpha value is -1.22. The van der Waals surface area contributed by atoms with Crippen LogP contribution >= 0.6 is 23.2 Å². The van der Waals surface area contributed by atoms with Crippen molar-refractivity contribution in [2.45, 2.75) is 25.4 Å². The number of ether oxygens (including phenoxy) is 1. The summed E-state index contributed by atoms with van der Waals surface area (Å²) in [6.07, 6.45) is 1.47. The van der Waals surface area contributed by atoms with Crippen molar-refractivity contribution in [3.8, 4) is 5.75 Å². The van der Waals surface area contributed by atoms with E-state index in [1.165, 1.54) is 0 Å². The first-order chi connectivity index (χ1) is 10.1. The second kappa shape index (κ2) is 6.27. The monoisotopic (exact) mass is 322 g/mol. The number of hydrogen-bond acceptors (Lipinski definition) is 2. The fourth-order valence-corrected chi connectivity index (χ4v) is 3.24. The highest BCUT2D eigenvalue weighted by Gasteiger charge is 2.19. The van der Waals surface area contributed by atoms with E-state index in [1.807, 2.05) is 36.4 Å². The van der Waals surface area contributed by atoms with E-state index in [0.717, 1.165) is 28.9 Å². The van der Waals surface area contributed by atoms with Crippen LogP contribution in [0.3, 0.4) is 0 Å². The maximum Gasteiger partial charge on any atom is 0.126 e. The maximum absolute atomic E-state index is 10.3. The molecular formula is C17H16Cl2O2. The van der Waals surface area contributed by atoms with E-state index in [2.05, 4.69) is 0 Å². The van der Waals surface area contributed by atoms with Gasteiger partial charge >= 0.3 is 0 Å². The number of rotatable bonds is 4. The largest absolute Gasteiger partial charge is 0.493 e. The molecule has 0 aromatic heterocycles. The fourth-order valence-electron chi connectivity index (χ4n) is 2.76. The van der Waals surface area contributed by atoms with Gasteiger partial charge in [0, 0.05) is 22.9 Å². The first kappa shape index (κ1) is 14.7. The van der Waals surface area contributed by atoms with Gasteiger partial charge < -0.3 is 9.84 Å². The van der Waals surface area contributed by atoms with E-state index < -0.39 is 6.10 Å². The van der Waals surface area contributed by atoms with Gasteiger partial charge in [-0.25, -0.2) is 0 Å². The number of benzene rings is 2. The summed E-state index contributed by atoms with van der Waals surface area (Å²) in [5.74, 6) is 0.893. The lowest BCUT2D eigenvalue weighted by Crippen LogP contribution is -2.14. The molecule has 1 heterocycles. The average molecular weight is 323 g/mol. The van der Waals surface area contributed by atoms with Gasteiger partial charge in [-0.15, -0.1) is 0 Å². The molecule has 0 fully saturated rings. The number of aliphatic hydroxyl groups excluding tert-OH is 1. The Kier molecular flexibility index (Phi) is 4.39. The van der Waals surface area contributed by atoms with E-state index >= 15 is 0 Å². The minimum atomic E-state index is -0.491. The molecule has 4 heteroatoms. The highest BCUT2D eigenvalue weighted by atomic mass is 35.5. The molecule has 0 aliphatic carbocycles. The van der Waals surface area contributed by atoms with E-state index in [-0.39, 0.29) is 0 Å². The van der Waals surface area contributed by atoms with Crippen LogP contribution in [0.5, 0.6) is 5.75 Å². The molecule has 0 saturated carbocycles. The van der Waals surface area contributed by atoms with Crippen molar-refractivity contribution < 1.29 is 9.84 Å². The van der Waals surface area contributed by atoms with E-state index in [4.69, 9.17) is 27.9 Å². The number of aliphatic hydroxyl groups is 1. The molecule has 0 bridgehead atoms. The first-order valence-electron chi connectivity index (χ1n) is 6.98. The Morgan fingerprint density at radius 1 is 1.10 bits per heavy atom. The molecule has 2 aromatic carbocycles. The molecule has 0 radical (unpaired) electrons. The summed E-state index contributed by atoms with van der Waals surface area (Å²) in [5, 5.41) is 11.7. The molecule has 21 heavy (non-hydrogen) atoms. The lowest BCUT2D eigenvalue weighted by molar-refractivity contribution is 0.174. The van der Waals surface area contributed by atoms with Gasteiger partial charge in [-0.05, 0) is 47.4 Å². The highest BCUT2D eigenvalue weighted by Crippen LogP contribution is 2.33. The summed E-state index contributed by atoms with van der Waals surface area (Å²) in [7, 11) is 0. The van der Waals surface area contributed by atoms with Crippen molar-refractivity contribution in [3.63, 3.8) is 0 Å². The zero-order valence-electron chi connectivity index (χ0n) is 11.5. The highest BCUT2D eigenvalue weighted by molar-refractivity contribution is 6.31. The second-order valence-electron chi connectivity index (χ2n) is 5.34. The summed E-state index contributed by atoms with van der Waals surface area (Å²) in [6.45, 7) is 0.688. The third kappa shape index (κ3) is 3.52. The van der Waals surface area contributed by atoms with Crippen LogP contribution < -0.4 is 4.74 Å². The fraction of sp³-hybridized carbons (Fsp3) is 0.294. The molecule has 0 amide bonds. The van der Waals surface area contributed by atoms with E-state index in [9.17, 15) is 5.11 Å². The van der Waals surface area contributed by atoms with Crippen LogP contribution in [-0.4, -0.2) is 17.8 Å². The molecule has 0 saturated heterocycles. The number of hydrogen-bond donors (Lipinski definition) is 1. The average Bonchev–Trinajstić information content (AvgIpc) is 2.86. The van der Waals surface area contributed by atoms with Crippen LogP contribution in [0, 0.1) is 0 Å². The Labute approximate surface area is 134 Å². The Morgan fingerprint density at radius 3 is 2.76 bits per heavy atom. The zero-order chi connectivity index (χ0) is 14.8. The molecule has 1 aliphatic heterocycles. The summed E-state index contributed by atoms with van der Waals surface area (Å²) < 4.78 is 5.66. The summed E-state index contributed by atoms with van der Waals surface area (Å²) in [6, 6.07) is 11.4. The third-order valence-corrected chi connectivity index (χ3v) is 4.09. The molecular weight excluding hydrogens is 307 g/mol. The number of fused-ring (bicyclic) bond motifs is 1. The predicted octanol–water partition coefficient (Wildman–Crippen LogP) is 4.07. The van der Waals surface area contributed by atoms with Crippen LogP contribution in [0.2, 0.25) is 10.0 Å². The molecule has 1 atom stereocenters. The van der Waals surface area contributed by atoms with Crippen molar-refractivity contribution >= 4 is 23.2 Å². The quantitative estimate of drug-likeness (QED) is 0.919. The SMILES string of the molecule is OC(Cc1cccc(Cl)c1)Cc1cc(Cl)cc2c1OCC2. The Bertz CT molecular complexity index is 655. The topological polar surface area (TPSA) is 29.5 Å².